The molecule has 1 amide bonds. The van der Waals surface area contributed by atoms with Crippen LogP contribution in [0.25, 0.3) is 0 Å². The number of nitro groups is 1. The first kappa shape index (κ1) is 15.9. The van der Waals surface area contributed by atoms with Gasteiger partial charge in [-0.1, -0.05) is 35.3 Å². The number of amides is 1. The van der Waals surface area contributed by atoms with Crippen LogP contribution in [0.15, 0.2) is 18.2 Å². The SMILES string of the molecule is CCCC(CBr)CN1CCc2ccc([N+](=O)[O-])cc2C1=O. The van der Waals surface area contributed by atoms with E-state index in [-0.39, 0.29) is 11.6 Å². The molecule has 2 rings (SSSR count). The van der Waals surface area contributed by atoms with E-state index in [4.69, 9.17) is 0 Å². The van der Waals surface area contributed by atoms with E-state index in [1.54, 1.807) is 6.07 Å². The van der Waals surface area contributed by atoms with E-state index in [0.717, 1.165) is 30.2 Å². The Morgan fingerprint density at radius 2 is 2.24 bits per heavy atom. The molecule has 0 saturated carbocycles. The summed E-state index contributed by atoms with van der Waals surface area (Å²) in [5, 5.41) is 11.7. The van der Waals surface area contributed by atoms with Crippen molar-refractivity contribution in [1.29, 1.82) is 0 Å². The normalized spacial score (nSPS) is 15.7. The summed E-state index contributed by atoms with van der Waals surface area (Å²) in [6.45, 7) is 3.53. The van der Waals surface area contributed by atoms with Crippen molar-refractivity contribution in [1.82, 2.24) is 4.90 Å². The molecule has 1 aliphatic rings. The minimum atomic E-state index is -0.453. The van der Waals surface area contributed by atoms with Crippen LogP contribution in [-0.4, -0.2) is 34.2 Å². The highest BCUT2D eigenvalue weighted by atomic mass is 79.9. The van der Waals surface area contributed by atoms with Gasteiger partial charge in [0.05, 0.1) is 4.92 Å². The van der Waals surface area contributed by atoms with E-state index in [1.807, 2.05) is 4.90 Å². The molecule has 0 aliphatic carbocycles. The minimum Gasteiger partial charge on any atom is -0.338 e. The number of non-ortho nitro benzene ring substituents is 1. The summed E-state index contributed by atoms with van der Waals surface area (Å²) in [5.74, 6) is 0.348. The third-order valence-electron chi connectivity index (χ3n) is 3.87. The third-order valence-corrected chi connectivity index (χ3v) is 4.78. The van der Waals surface area contributed by atoms with Gasteiger partial charge in [0.2, 0.25) is 0 Å². The number of hydrogen-bond acceptors (Lipinski definition) is 3. The molecule has 1 heterocycles. The number of hydrogen-bond donors (Lipinski definition) is 0. The van der Waals surface area contributed by atoms with Gasteiger partial charge in [-0.05, 0) is 24.3 Å². The van der Waals surface area contributed by atoms with E-state index in [2.05, 4.69) is 22.9 Å². The fourth-order valence-electron chi connectivity index (χ4n) is 2.73. The molecular weight excluding hydrogens is 336 g/mol. The fraction of sp³-hybridized carbons (Fsp3) is 0.533. The van der Waals surface area contributed by atoms with Crippen LogP contribution >= 0.6 is 15.9 Å². The predicted octanol–water partition coefficient (Wildman–Crippen LogP) is 3.40. The van der Waals surface area contributed by atoms with Crippen LogP contribution in [0.1, 0.15) is 35.7 Å². The van der Waals surface area contributed by atoms with Crippen LogP contribution in [0.4, 0.5) is 5.69 Å². The maximum atomic E-state index is 12.5. The number of halogens is 1. The summed E-state index contributed by atoms with van der Waals surface area (Å²) in [6, 6.07) is 4.59. The largest absolute Gasteiger partial charge is 0.338 e. The number of fused-ring (bicyclic) bond motifs is 1. The molecule has 6 heteroatoms. The van der Waals surface area contributed by atoms with Crippen molar-refractivity contribution in [2.75, 3.05) is 18.4 Å². The van der Waals surface area contributed by atoms with Gasteiger partial charge < -0.3 is 4.90 Å². The smallest absolute Gasteiger partial charge is 0.270 e. The Kier molecular flexibility index (Phi) is 5.33. The minimum absolute atomic E-state index is 0.0189. The number of carbonyl (C=O) groups is 1. The molecule has 1 unspecified atom stereocenters. The zero-order chi connectivity index (χ0) is 15.4. The van der Waals surface area contributed by atoms with E-state index < -0.39 is 4.92 Å². The van der Waals surface area contributed by atoms with Crippen LogP contribution < -0.4 is 0 Å². The Morgan fingerprint density at radius 1 is 1.48 bits per heavy atom. The maximum Gasteiger partial charge on any atom is 0.270 e. The van der Waals surface area contributed by atoms with Crippen LogP contribution in [0, 0.1) is 16.0 Å². The molecule has 5 nitrogen and oxygen atoms in total. The molecule has 0 spiro atoms. The average molecular weight is 355 g/mol. The van der Waals surface area contributed by atoms with Crippen LogP contribution in [0.2, 0.25) is 0 Å². The molecule has 114 valence electrons. The van der Waals surface area contributed by atoms with Gasteiger partial charge in [-0.25, -0.2) is 0 Å². The third kappa shape index (κ3) is 3.61. The Morgan fingerprint density at radius 3 is 2.86 bits per heavy atom. The molecule has 1 aromatic rings. The van der Waals surface area contributed by atoms with Crippen molar-refractivity contribution in [2.24, 2.45) is 5.92 Å². The summed E-state index contributed by atoms with van der Waals surface area (Å²) in [7, 11) is 0. The lowest BCUT2D eigenvalue weighted by atomic mass is 9.96. The molecular formula is C15H19BrN2O3. The Balaban J connectivity index is 2.18. The van der Waals surface area contributed by atoms with Crippen LogP contribution in [0.3, 0.4) is 0 Å². The first-order chi connectivity index (χ1) is 10.1. The zero-order valence-electron chi connectivity index (χ0n) is 12.0. The van der Waals surface area contributed by atoms with Crippen LogP contribution in [-0.2, 0) is 6.42 Å². The van der Waals surface area contributed by atoms with Gasteiger partial charge in [0.15, 0.2) is 0 Å². The Bertz CT molecular complexity index is 548. The summed E-state index contributed by atoms with van der Waals surface area (Å²) >= 11 is 3.50. The summed E-state index contributed by atoms with van der Waals surface area (Å²) in [5.41, 5.74) is 1.38. The zero-order valence-corrected chi connectivity index (χ0v) is 13.6. The van der Waals surface area contributed by atoms with E-state index >= 15 is 0 Å². The molecule has 0 N–H and O–H groups in total. The first-order valence-corrected chi connectivity index (χ1v) is 8.31. The van der Waals surface area contributed by atoms with Gasteiger partial charge in [-0.15, -0.1) is 0 Å². The van der Waals surface area contributed by atoms with Crippen LogP contribution in [0.5, 0.6) is 0 Å². The predicted molar refractivity (Wildman–Crippen MR) is 84.9 cm³/mol. The molecule has 0 bridgehead atoms. The van der Waals surface area contributed by atoms with Gasteiger partial charge >= 0.3 is 0 Å². The molecule has 1 atom stereocenters. The van der Waals surface area contributed by atoms with Crippen molar-refractivity contribution >= 4 is 27.5 Å². The van der Waals surface area contributed by atoms with Gasteiger partial charge in [0.1, 0.15) is 0 Å². The number of rotatable bonds is 6. The summed E-state index contributed by atoms with van der Waals surface area (Å²) in [6.07, 6.45) is 2.91. The number of nitrogens with zero attached hydrogens (tertiary/aromatic N) is 2. The summed E-state index contributed by atoms with van der Waals surface area (Å²) in [4.78, 5) is 24.8. The van der Waals surface area contributed by atoms with Crippen molar-refractivity contribution in [3.05, 3.63) is 39.4 Å². The highest BCUT2D eigenvalue weighted by molar-refractivity contribution is 9.09. The van der Waals surface area contributed by atoms with Crippen molar-refractivity contribution in [2.45, 2.75) is 26.2 Å². The number of alkyl halides is 1. The number of carbonyl (C=O) groups excluding carboxylic acids is 1. The van der Waals surface area contributed by atoms with E-state index in [0.29, 0.717) is 24.6 Å². The molecule has 0 fully saturated rings. The Labute approximate surface area is 132 Å². The molecule has 0 aromatic heterocycles. The lowest BCUT2D eigenvalue weighted by Gasteiger charge is -2.31. The van der Waals surface area contributed by atoms with Gasteiger partial charge in [-0.3, -0.25) is 14.9 Å². The number of nitro benzene ring substituents is 1. The fourth-order valence-corrected chi connectivity index (χ4v) is 3.26. The standard InChI is InChI=1S/C15H19BrN2O3/c1-2-3-11(9-16)10-17-7-6-12-4-5-13(18(20)21)8-14(12)15(17)19/h4-5,8,11H,2-3,6-7,9-10H2,1H3. The molecule has 1 aromatic carbocycles. The monoisotopic (exact) mass is 354 g/mol. The summed E-state index contributed by atoms with van der Waals surface area (Å²) < 4.78 is 0. The van der Waals surface area contributed by atoms with Crippen molar-refractivity contribution in [3.8, 4) is 0 Å². The Hall–Kier alpha value is -1.43. The molecule has 0 saturated heterocycles. The molecule has 1 aliphatic heterocycles. The first-order valence-electron chi connectivity index (χ1n) is 7.19. The van der Waals surface area contributed by atoms with Crippen molar-refractivity contribution in [3.63, 3.8) is 0 Å². The lowest BCUT2D eigenvalue weighted by molar-refractivity contribution is -0.384. The number of benzene rings is 1. The highest BCUT2D eigenvalue weighted by Crippen LogP contribution is 2.25. The average Bonchev–Trinajstić information content (AvgIpc) is 2.49. The lowest BCUT2D eigenvalue weighted by Crippen LogP contribution is -2.41. The maximum absolute atomic E-state index is 12.5. The van der Waals surface area contributed by atoms with Crippen molar-refractivity contribution < 1.29 is 9.72 Å². The molecule has 0 radical (unpaired) electrons. The van der Waals surface area contributed by atoms with E-state index in [9.17, 15) is 14.9 Å². The highest BCUT2D eigenvalue weighted by Gasteiger charge is 2.27. The quantitative estimate of drug-likeness (QED) is 0.446. The second-order valence-electron chi connectivity index (χ2n) is 5.41. The second-order valence-corrected chi connectivity index (χ2v) is 6.06. The van der Waals surface area contributed by atoms with Gasteiger partial charge in [0, 0.05) is 36.1 Å². The molecule has 21 heavy (non-hydrogen) atoms. The van der Waals surface area contributed by atoms with E-state index in [1.165, 1.54) is 12.1 Å². The van der Waals surface area contributed by atoms with Gasteiger partial charge in [-0.2, -0.15) is 0 Å². The van der Waals surface area contributed by atoms with Gasteiger partial charge in [0.25, 0.3) is 11.6 Å². The topological polar surface area (TPSA) is 63.4 Å². The second kappa shape index (κ2) is 7.02.